The lowest BCUT2D eigenvalue weighted by molar-refractivity contribution is -0.143. The van der Waals surface area contributed by atoms with Crippen molar-refractivity contribution in [3.63, 3.8) is 0 Å². The fourth-order valence-corrected chi connectivity index (χ4v) is 13.2. The van der Waals surface area contributed by atoms with Crippen molar-refractivity contribution in [2.24, 2.45) is 35.0 Å². The van der Waals surface area contributed by atoms with Gasteiger partial charge in [0.15, 0.2) is 5.96 Å². The molecule has 148 heavy (non-hydrogen) atoms. The molecule has 0 saturated heterocycles. The van der Waals surface area contributed by atoms with Gasteiger partial charge in [0.25, 0.3) is 0 Å². The zero-order chi connectivity index (χ0) is 112. The highest BCUT2D eigenvalue weighted by atomic mass is 16.4. The van der Waals surface area contributed by atoms with Gasteiger partial charge in [-0.1, -0.05) is 59.7 Å². The zero-order valence-electron chi connectivity index (χ0n) is 83.4. The molecule has 0 unspecified atom stereocenters. The van der Waals surface area contributed by atoms with Crippen LogP contribution in [0.25, 0.3) is 10.9 Å². The van der Waals surface area contributed by atoms with Crippen LogP contribution in [0.1, 0.15) is 140 Å². The Labute approximate surface area is 846 Å². The van der Waals surface area contributed by atoms with Gasteiger partial charge in [0, 0.05) is 36.5 Å². The minimum Gasteiger partial charge on any atom is -0.481 e. The van der Waals surface area contributed by atoms with E-state index < -0.39 is 366 Å². The molecule has 61 heteroatoms. The number of guanidine groups is 1. The first-order valence-corrected chi connectivity index (χ1v) is 46.5. The van der Waals surface area contributed by atoms with E-state index in [9.17, 15) is 155 Å². The summed E-state index contributed by atoms with van der Waals surface area (Å²) in [4.78, 5) is 344. The lowest BCUT2D eigenvalue weighted by Gasteiger charge is -2.29. The van der Waals surface area contributed by atoms with E-state index >= 15 is 0 Å². The highest BCUT2D eigenvalue weighted by Gasteiger charge is 2.40. The van der Waals surface area contributed by atoms with Gasteiger partial charge >= 0.3 is 17.9 Å². The smallest absolute Gasteiger partial charge is 0.326 e. The van der Waals surface area contributed by atoms with Gasteiger partial charge in [-0.3, -0.25) is 125 Å². The largest absolute Gasteiger partial charge is 0.481 e. The Morgan fingerprint density at radius 3 is 1.16 bits per heavy atom. The summed E-state index contributed by atoms with van der Waals surface area (Å²) in [6.45, 7) is 8.66. The van der Waals surface area contributed by atoms with Gasteiger partial charge in [-0.05, 0) is 103 Å². The van der Waals surface area contributed by atoms with Crippen molar-refractivity contribution in [1.29, 1.82) is 5.41 Å². The van der Waals surface area contributed by atoms with Crippen LogP contribution in [0.3, 0.4) is 0 Å². The Bertz CT molecular complexity index is 5050. The molecule has 38 N–H and O–H groups in total. The van der Waals surface area contributed by atoms with E-state index in [1.54, 1.807) is 52.0 Å². The number of para-hydroxylation sites is 1. The van der Waals surface area contributed by atoms with Crippen LogP contribution in [0.5, 0.6) is 0 Å². The van der Waals surface area contributed by atoms with Crippen LogP contribution in [0.2, 0.25) is 0 Å². The Morgan fingerprint density at radius 2 is 0.696 bits per heavy atom. The normalized spacial score (nSPS) is 14.6. The number of aliphatic hydroxyl groups is 4. The molecule has 2 aromatic rings. The summed E-state index contributed by atoms with van der Waals surface area (Å²) in [6, 6.07) is -21.3. The van der Waals surface area contributed by atoms with Gasteiger partial charge in [0.2, 0.25) is 136 Å². The van der Waals surface area contributed by atoms with Crippen molar-refractivity contribution in [3.8, 4) is 0 Å². The van der Waals surface area contributed by atoms with Gasteiger partial charge in [0.1, 0.15) is 103 Å². The first-order valence-electron chi connectivity index (χ1n) is 46.5. The molecule has 1 aromatic carbocycles. The first-order chi connectivity index (χ1) is 69.2. The van der Waals surface area contributed by atoms with E-state index in [1.165, 1.54) is 27.0 Å². The standard InChI is InChI=1S/C87H138N28O33/c1-37(2)22-52(78(139)108-50(18-15-21-92-87(90)91)77(138)114-68(39(5)6)84(145)115-69(45(12)119)85(146)104-44(11)74(135)112-56(86(147)148)23-38(3)4)106-64(125)33-99-76(137)51(19-20-59(89)120)105-63(124)31-95-61(122)28-96-70(131)40(7)100-62(123)30-94-60(121)29-97-71(132)41(8)102-83(144)58(36-118)113-81(142)55(26-67(129)130)111-80(141)54(25-66(127)128)110-79(140)53(24-46-27-93-49-17-14-13-16-47(46)49)109-73(134)43(10)101-72(133)42(9)103-82(143)57(35-117)107-65(126)32-98-75(136)48(88)34-116/h13-14,16-17,27,37-45,48,50-58,68-69,93,116-119H,15,18-26,28-36,88H2,1-12H3,(H2,89,120)(H,94,121)(H,95,122)(H,96,131)(H,97,132)(H,98,136)(H,99,137)(H,100,123)(H,101,133)(H,102,144)(H,103,143)(H,104,146)(H,105,124)(H,106,125)(H,107,126)(H,108,139)(H,109,134)(H,110,140)(H,111,141)(H,112,135)(H,113,142)(H,114,138)(H,115,145)(H,127,128)(H,129,130)(H,147,148)(H4,90,91,92)/t40-,41-,42-,43-,44-,45+,48-,50-,51-,52-,53-,54-,55-,56-,57-,58-,68-,69-/m0/s1. The Morgan fingerprint density at radius 1 is 0.345 bits per heavy atom. The number of carboxylic acid groups (broad SMARTS) is 3. The van der Waals surface area contributed by atoms with Crippen LogP contribution in [0, 0.1) is 23.2 Å². The van der Waals surface area contributed by atoms with Gasteiger partial charge in [-0.2, -0.15) is 0 Å². The summed E-state index contributed by atoms with van der Waals surface area (Å²) in [6.07, 6.45) is -4.29. The summed E-state index contributed by atoms with van der Waals surface area (Å²) >= 11 is 0. The molecule has 0 spiro atoms. The second-order valence-corrected chi connectivity index (χ2v) is 35.3. The van der Waals surface area contributed by atoms with E-state index in [0.29, 0.717) is 16.5 Å². The van der Waals surface area contributed by atoms with E-state index in [1.807, 2.05) is 10.6 Å². The van der Waals surface area contributed by atoms with Crippen molar-refractivity contribution in [2.45, 2.75) is 250 Å². The maximum absolute atomic E-state index is 14.3. The lowest BCUT2D eigenvalue weighted by Crippen LogP contribution is -2.62. The van der Waals surface area contributed by atoms with Crippen LogP contribution < -0.4 is 139 Å². The summed E-state index contributed by atoms with van der Waals surface area (Å²) in [7, 11) is 0. The fraction of sp³-hybridized carbons (Fsp3) is 0.598. The van der Waals surface area contributed by atoms with Gasteiger partial charge < -0.3 is 180 Å². The Kier molecular flexibility index (Phi) is 56.0. The Hall–Kier alpha value is -15.9. The molecule has 0 aliphatic heterocycles. The van der Waals surface area contributed by atoms with Gasteiger partial charge in [0.05, 0.1) is 78.0 Å². The number of benzene rings is 1. The molecular formula is C87H138N28O33. The molecule has 0 aliphatic rings. The zero-order valence-corrected chi connectivity index (χ0v) is 83.4. The number of nitrogens with one attached hydrogen (secondary N) is 25. The van der Waals surface area contributed by atoms with Crippen molar-refractivity contribution in [3.05, 3.63) is 36.0 Å². The number of aliphatic hydroxyl groups excluding tert-OH is 4. The number of amides is 23. The molecule has 0 fully saturated rings. The molecule has 0 radical (unpaired) electrons. The second-order valence-electron chi connectivity index (χ2n) is 35.3. The van der Waals surface area contributed by atoms with Crippen LogP contribution in [0.15, 0.2) is 30.5 Å². The number of aliphatic carboxylic acids is 3. The topological polar surface area (TPSA) is 980 Å². The monoisotopic (exact) mass is 2100 g/mol. The fourth-order valence-electron chi connectivity index (χ4n) is 13.2. The molecule has 23 amide bonds. The summed E-state index contributed by atoms with van der Waals surface area (Å²) in [5.41, 5.74) is 17.0. The number of nitrogens with two attached hydrogens (primary N) is 3. The van der Waals surface area contributed by atoms with Crippen LogP contribution in [-0.2, 0) is 131 Å². The van der Waals surface area contributed by atoms with Crippen molar-refractivity contribution < 1.29 is 160 Å². The number of aromatic nitrogens is 1. The summed E-state index contributed by atoms with van der Waals surface area (Å²) < 4.78 is 0. The number of hydrogen-bond acceptors (Lipinski definition) is 32. The molecule has 61 nitrogen and oxygen atoms in total. The van der Waals surface area contributed by atoms with Crippen molar-refractivity contribution in [1.82, 2.24) is 127 Å². The first kappa shape index (κ1) is 128. The number of hydrogen-bond donors (Lipinski definition) is 35. The molecule has 1 heterocycles. The average molecular weight is 2100 g/mol. The van der Waals surface area contributed by atoms with E-state index in [0.717, 1.165) is 34.6 Å². The number of H-pyrrole nitrogens is 1. The minimum atomic E-state index is -2.24. The SMILES string of the molecule is CC(C)C[C@H](NC(=O)[C@H](C)NC(=O)[C@@H](NC(=O)[C@@H](NC(=O)[C@H](CCCNC(=N)N)NC(=O)[C@H](CC(C)C)NC(=O)CNC(=O)[C@H](CCC(N)=O)NC(=O)CNC(=O)CNC(=O)[C@H](C)NC(=O)CNC(=O)CNC(=O)[C@H](C)NC(=O)[C@H](CO)NC(=O)[C@H](CC(=O)O)NC(=O)[C@H](CC(=O)O)NC(=O)[C@H](Cc1c[nH]c2ccccc12)NC(=O)[C@H](C)NC(=O)[C@H](C)NC(=O)[C@H](CO)NC(=O)CNC(=O)[C@@H](N)CO)C(C)C)[C@@H](C)O)C(=O)O. The summed E-state index contributed by atoms with van der Waals surface area (Å²) in [5, 5.41) is 129. The number of carboxylic acids is 3. The second kappa shape index (κ2) is 64.7. The summed E-state index contributed by atoms with van der Waals surface area (Å²) in [5.74, 6) is -31.4. The molecule has 1 aromatic heterocycles. The predicted octanol–water partition coefficient (Wildman–Crippen LogP) is -15.7. The van der Waals surface area contributed by atoms with Crippen LogP contribution in [-0.4, -0.2) is 375 Å². The predicted molar refractivity (Wildman–Crippen MR) is 514 cm³/mol. The minimum absolute atomic E-state index is 0.00419. The molecule has 0 saturated carbocycles. The third-order valence-corrected chi connectivity index (χ3v) is 21.2. The average Bonchev–Trinajstić information content (AvgIpc) is 1.67. The van der Waals surface area contributed by atoms with E-state index in [-0.39, 0.29) is 44.1 Å². The number of rotatable bonds is 67. The number of aromatic amines is 1. The number of primary amides is 1. The molecular weight excluding hydrogens is 1970 g/mol. The highest BCUT2D eigenvalue weighted by molar-refractivity contribution is 6.03. The molecule has 0 aliphatic carbocycles. The lowest BCUT2D eigenvalue weighted by atomic mass is 10.00. The third-order valence-electron chi connectivity index (χ3n) is 21.2. The molecule has 824 valence electrons. The van der Waals surface area contributed by atoms with E-state index in [2.05, 4.69) is 117 Å². The van der Waals surface area contributed by atoms with Crippen LogP contribution >= 0.6 is 0 Å². The molecule has 18 atom stereocenters. The van der Waals surface area contributed by atoms with Crippen LogP contribution in [0.4, 0.5) is 0 Å². The maximum atomic E-state index is 14.3. The number of fused-ring (bicyclic) bond motifs is 1. The third kappa shape index (κ3) is 48.2. The van der Waals surface area contributed by atoms with Gasteiger partial charge in [-0.15, -0.1) is 0 Å². The maximum Gasteiger partial charge on any atom is 0.326 e. The molecule has 0 bridgehead atoms. The number of carbonyl (C=O) groups excluding carboxylic acids is 23. The Balaban J connectivity index is 2.06. The molecule has 2 rings (SSSR count). The van der Waals surface area contributed by atoms with E-state index in [4.69, 9.17) is 27.7 Å². The van der Waals surface area contributed by atoms with Crippen molar-refractivity contribution >= 4 is 171 Å². The van der Waals surface area contributed by atoms with Crippen molar-refractivity contribution in [2.75, 3.05) is 65.6 Å². The van der Waals surface area contributed by atoms with Gasteiger partial charge in [-0.25, -0.2) is 4.79 Å². The number of carbonyl (C=O) groups is 26. The highest BCUT2D eigenvalue weighted by Crippen LogP contribution is 2.21. The quantitative estimate of drug-likeness (QED) is 0.0166.